The van der Waals surface area contributed by atoms with Crippen molar-refractivity contribution < 1.29 is 9.59 Å². The van der Waals surface area contributed by atoms with Crippen LogP contribution in [0.1, 0.15) is 46.7 Å². The number of amides is 2. The van der Waals surface area contributed by atoms with E-state index in [1.807, 2.05) is 11.0 Å². The number of rotatable bonds is 5. The van der Waals surface area contributed by atoms with Crippen molar-refractivity contribution in [2.24, 2.45) is 0 Å². The van der Waals surface area contributed by atoms with Crippen molar-refractivity contribution >= 4 is 23.2 Å². The third kappa shape index (κ3) is 4.63. The molecule has 1 atom stereocenters. The minimum Gasteiger partial charge on any atom is -0.356 e. The summed E-state index contributed by atoms with van der Waals surface area (Å²) in [5.74, 6) is 0.307. The molecule has 0 unspecified atom stereocenters. The highest BCUT2D eigenvalue weighted by Gasteiger charge is 2.27. The molecular weight excluding hydrogens is 336 g/mol. The topological polar surface area (TPSA) is 75.2 Å². The summed E-state index contributed by atoms with van der Waals surface area (Å²) >= 11 is 1.65. The van der Waals surface area contributed by atoms with Gasteiger partial charge in [0.2, 0.25) is 5.91 Å². The molecule has 0 aliphatic carbocycles. The van der Waals surface area contributed by atoms with Gasteiger partial charge in [0, 0.05) is 56.7 Å². The van der Waals surface area contributed by atoms with Gasteiger partial charge < -0.3 is 10.2 Å². The fourth-order valence-electron chi connectivity index (χ4n) is 3.03. The number of nitrogens with one attached hydrogen (secondary N) is 1. The van der Waals surface area contributed by atoms with E-state index in [1.165, 1.54) is 6.92 Å². The Morgan fingerprint density at radius 1 is 1.44 bits per heavy atom. The van der Waals surface area contributed by atoms with Gasteiger partial charge in [-0.05, 0) is 25.0 Å². The quantitative estimate of drug-likeness (QED) is 0.889. The fraction of sp³-hybridized carbons (Fsp3) is 0.444. The molecule has 2 aromatic heterocycles. The van der Waals surface area contributed by atoms with Crippen LogP contribution in [-0.4, -0.2) is 46.3 Å². The maximum atomic E-state index is 12.6. The van der Waals surface area contributed by atoms with Crippen LogP contribution in [0.2, 0.25) is 0 Å². The van der Waals surface area contributed by atoms with E-state index in [-0.39, 0.29) is 17.7 Å². The Hall–Kier alpha value is -2.28. The predicted octanol–water partition coefficient (Wildman–Crippen LogP) is 2.24. The van der Waals surface area contributed by atoms with Crippen molar-refractivity contribution in [3.63, 3.8) is 0 Å². The highest BCUT2D eigenvalue weighted by atomic mass is 32.1. The number of hydrogen-bond donors (Lipinski definition) is 1. The molecule has 0 radical (unpaired) electrons. The van der Waals surface area contributed by atoms with E-state index >= 15 is 0 Å². The summed E-state index contributed by atoms with van der Waals surface area (Å²) in [6, 6.07) is 3.60. The van der Waals surface area contributed by atoms with Gasteiger partial charge in [0.05, 0.1) is 16.3 Å². The molecule has 3 rings (SSSR count). The van der Waals surface area contributed by atoms with Gasteiger partial charge in [-0.2, -0.15) is 0 Å². The highest BCUT2D eigenvalue weighted by Crippen LogP contribution is 2.30. The van der Waals surface area contributed by atoms with Crippen molar-refractivity contribution in [3.05, 3.63) is 46.2 Å². The first kappa shape index (κ1) is 17.5. The predicted molar refractivity (Wildman–Crippen MR) is 96.6 cm³/mol. The van der Waals surface area contributed by atoms with E-state index in [9.17, 15) is 9.59 Å². The summed E-state index contributed by atoms with van der Waals surface area (Å²) in [6.07, 6.45) is 6.07. The van der Waals surface area contributed by atoms with Crippen LogP contribution in [0, 0.1) is 0 Å². The zero-order chi connectivity index (χ0) is 17.6. The molecule has 1 aliphatic heterocycles. The highest BCUT2D eigenvalue weighted by molar-refractivity contribution is 7.09. The lowest BCUT2D eigenvalue weighted by atomic mass is 9.98. The van der Waals surface area contributed by atoms with Crippen LogP contribution in [-0.2, 0) is 11.2 Å². The van der Waals surface area contributed by atoms with Gasteiger partial charge >= 0.3 is 0 Å². The Morgan fingerprint density at radius 2 is 2.32 bits per heavy atom. The zero-order valence-electron chi connectivity index (χ0n) is 14.3. The molecule has 0 saturated carbocycles. The molecule has 1 aliphatic rings. The van der Waals surface area contributed by atoms with E-state index in [2.05, 4.69) is 15.7 Å². The molecule has 6 nitrogen and oxygen atoms in total. The van der Waals surface area contributed by atoms with Gasteiger partial charge in [-0.3, -0.25) is 14.6 Å². The number of thiazole rings is 1. The lowest BCUT2D eigenvalue weighted by molar-refractivity contribution is -0.118. The molecule has 132 valence electrons. The molecular formula is C18H22N4O2S. The van der Waals surface area contributed by atoms with Crippen LogP contribution < -0.4 is 5.32 Å². The first-order valence-electron chi connectivity index (χ1n) is 8.51. The summed E-state index contributed by atoms with van der Waals surface area (Å²) in [4.78, 5) is 34.2. The molecule has 2 aromatic rings. The lowest BCUT2D eigenvalue weighted by Crippen LogP contribution is -2.39. The van der Waals surface area contributed by atoms with Crippen LogP contribution in [0.3, 0.4) is 0 Å². The number of piperidine rings is 1. The molecule has 3 heterocycles. The Morgan fingerprint density at radius 3 is 3.08 bits per heavy atom. The van der Waals surface area contributed by atoms with E-state index in [0.717, 1.165) is 36.5 Å². The largest absolute Gasteiger partial charge is 0.356 e. The van der Waals surface area contributed by atoms with Crippen LogP contribution in [0.5, 0.6) is 0 Å². The summed E-state index contributed by atoms with van der Waals surface area (Å²) < 4.78 is 0. The smallest absolute Gasteiger partial charge is 0.255 e. The standard InChI is InChI=1S/C18H22N4O2S/c1-13(23)20-8-6-16-12-25-17(21-16)15-5-3-9-22(11-15)18(24)14-4-2-7-19-10-14/h2,4,7,10,12,15H,3,5-6,8-9,11H2,1H3,(H,20,23)/t15-/m1/s1. The number of nitrogens with zero attached hydrogens (tertiary/aromatic N) is 3. The van der Waals surface area contributed by atoms with Crippen LogP contribution >= 0.6 is 11.3 Å². The summed E-state index contributed by atoms with van der Waals surface area (Å²) in [7, 11) is 0. The number of carbonyl (C=O) groups excluding carboxylic acids is 2. The van der Waals surface area contributed by atoms with E-state index in [4.69, 9.17) is 4.98 Å². The van der Waals surface area contributed by atoms with Gasteiger partial charge in [0.15, 0.2) is 0 Å². The summed E-state index contributed by atoms with van der Waals surface area (Å²) in [5.41, 5.74) is 1.64. The van der Waals surface area contributed by atoms with Gasteiger partial charge in [-0.25, -0.2) is 4.98 Å². The molecule has 7 heteroatoms. The first-order chi connectivity index (χ1) is 12.1. The average Bonchev–Trinajstić information content (AvgIpc) is 3.10. The lowest BCUT2D eigenvalue weighted by Gasteiger charge is -2.31. The van der Waals surface area contributed by atoms with Gasteiger partial charge in [0.25, 0.3) is 5.91 Å². The minimum atomic E-state index is -0.0210. The minimum absolute atomic E-state index is 0.0210. The number of pyridine rings is 1. The van der Waals surface area contributed by atoms with Crippen LogP contribution in [0.25, 0.3) is 0 Å². The van der Waals surface area contributed by atoms with Gasteiger partial charge in [-0.15, -0.1) is 11.3 Å². The Kier molecular flexibility index (Phi) is 5.75. The maximum Gasteiger partial charge on any atom is 0.255 e. The number of likely N-dealkylation sites (tertiary alicyclic amines) is 1. The molecule has 1 N–H and O–H groups in total. The Balaban J connectivity index is 1.61. The van der Waals surface area contributed by atoms with Crippen molar-refractivity contribution in [2.45, 2.75) is 32.1 Å². The van der Waals surface area contributed by atoms with Crippen molar-refractivity contribution in [1.82, 2.24) is 20.2 Å². The Labute approximate surface area is 151 Å². The van der Waals surface area contributed by atoms with E-state index in [0.29, 0.717) is 18.7 Å². The van der Waals surface area contributed by atoms with Crippen molar-refractivity contribution in [2.75, 3.05) is 19.6 Å². The van der Waals surface area contributed by atoms with Gasteiger partial charge in [0.1, 0.15) is 0 Å². The monoisotopic (exact) mass is 358 g/mol. The van der Waals surface area contributed by atoms with Crippen molar-refractivity contribution in [3.8, 4) is 0 Å². The molecule has 0 bridgehead atoms. The van der Waals surface area contributed by atoms with Gasteiger partial charge in [-0.1, -0.05) is 0 Å². The molecule has 0 aromatic carbocycles. The first-order valence-corrected chi connectivity index (χ1v) is 9.39. The Bertz CT molecular complexity index is 732. The van der Waals surface area contributed by atoms with E-state index < -0.39 is 0 Å². The molecule has 1 saturated heterocycles. The van der Waals surface area contributed by atoms with Crippen LogP contribution in [0.15, 0.2) is 29.9 Å². The second-order valence-electron chi connectivity index (χ2n) is 6.24. The summed E-state index contributed by atoms with van der Waals surface area (Å²) in [6.45, 7) is 3.61. The third-order valence-corrected chi connectivity index (χ3v) is 5.35. The summed E-state index contributed by atoms with van der Waals surface area (Å²) in [5, 5.41) is 5.93. The zero-order valence-corrected chi connectivity index (χ0v) is 15.1. The van der Waals surface area contributed by atoms with E-state index in [1.54, 1.807) is 29.8 Å². The van der Waals surface area contributed by atoms with Crippen molar-refractivity contribution in [1.29, 1.82) is 0 Å². The number of aromatic nitrogens is 2. The van der Waals surface area contributed by atoms with Crippen LogP contribution in [0.4, 0.5) is 0 Å². The number of carbonyl (C=O) groups is 2. The SMILES string of the molecule is CC(=O)NCCc1csc([C@@H]2CCCN(C(=O)c3cccnc3)C2)n1. The fourth-order valence-corrected chi connectivity index (χ4v) is 4.01. The molecule has 2 amide bonds. The normalized spacial score (nSPS) is 17.3. The maximum absolute atomic E-state index is 12.6. The average molecular weight is 358 g/mol. The third-order valence-electron chi connectivity index (χ3n) is 4.29. The molecule has 0 spiro atoms. The second-order valence-corrected chi connectivity index (χ2v) is 7.13. The molecule has 25 heavy (non-hydrogen) atoms. The number of hydrogen-bond acceptors (Lipinski definition) is 5. The second kappa shape index (κ2) is 8.20. The molecule has 1 fully saturated rings.